The molecule has 0 spiro atoms. The lowest BCUT2D eigenvalue weighted by atomic mass is 10.4. The zero-order chi connectivity index (χ0) is 11.8. The largest absolute Gasteiger partial charge is 0.369 e. The smallest absolute Gasteiger partial charge is 0.151 e. The van der Waals surface area contributed by atoms with Gasteiger partial charge in [-0.05, 0) is 6.92 Å². The number of hydrogen-bond acceptors (Lipinski definition) is 6. The van der Waals surface area contributed by atoms with Gasteiger partial charge in [0.25, 0.3) is 0 Å². The molecule has 6 heteroatoms. The zero-order valence-corrected chi connectivity index (χ0v) is 9.01. The number of anilines is 2. The molecule has 0 atom stereocenters. The number of nitrogens with zero attached hydrogens (tertiary/aromatic N) is 5. The minimum Gasteiger partial charge on any atom is -0.369 e. The van der Waals surface area contributed by atoms with Crippen molar-refractivity contribution in [3.05, 3.63) is 12.4 Å². The Morgan fingerprint density at radius 3 is 2.56 bits per heavy atom. The van der Waals surface area contributed by atoms with Gasteiger partial charge in [0, 0.05) is 6.54 Å². The van der Waals surface area contributed by atoms with E-state index in [4.69, 9.17) is 10.5 Å². The van der Waals surface area contributed by atoms with Crippen molar-refractivity contribution >= 4 is 11.6 Å². The van der Waals surface area contributed by atoms with Gasteiger partial charge in [0.05, 0.1) is 24.5 Å². The van der Waals surface area contributed by atoms with Crippen LogP contribution in [0.3, 0.4) is 0 Å². The first-order chi connectivity index (χ1) is 7.81. The second kappa shape index (κ2) is 6.20. The molecule has 0 saturated heterocycles. The number of rotatable bonds is 5. The molecule has 0 radical (unpaired) electrons. The number of hydrogen-bond donors (Lipinski definition) is 1. The third kappa shape index (κ3) is 3.10. The van der Waals surface area contributed by atoms with Crippen LogP contribution in [0.5, 0.6) is 0 Å². The molecule has 1 aromatic rings. The summed E-state index contributed by atoms with van der Waals surface area (Å²) in [5.41, 5.74) is 0. The molecule has 0 aromatic carbocycles. The van der Waals surface area contributed by atoms with E-state index in [2.05, 4.69) is 15.3 Å². The van der Waals surface area contributed by atoms with E-state index in [1.54, 1.807) is 11.1 Å². The predicted molar refractivity (Wildman–Crippen MR) is 59.6 cm³/mol. The fraction of sp³-hybridized carbons (Fsp3) is 0.400. The quantitative estimate of drug-likeness (QED) is 0.731. The highest BCUT2D eigenvalue weighted by Gasteiger charge is 2.07. The molecule has 82 valence electrons. The van der Waals surface area contributed by atoms with Crippen LogP contribution in [0.15, 0.2) is 12.4 Å². The van der Waals surface area contributed by atoms with Crippen LogP contribution < -0.4 is 10.2 Å². The maximum Gasteiger partial charge on any atom is 0.151 e. The van der Waals surface area contributed by atoms with Crippen molar-refractivity contribution in [1.82, 2.24) is 9.97 Å². The number of nitrogens with one attached hydrogen (secondary N) is 1. The Morgan fingerprint density at radius 1 is 1.31 bits per heavy atom. The van der Waals surface area contributed by atoms with E-state index >= 15 is 0 Å². The van der Waals surface area contributed by atoms with E-state index in [1.807, 2.05) is 19.1 Å². The highest BCUT2D eigenvalue weighted by Crippen LogP contribution is 2.11. The first kappa shape index (κ1) is 11.7. The van der Waals surface area contributed by atoms with Gasteiger partial charge in [-0.3, -0.25) is 4.98 Å². The van der Waals surface area contributed by atoms with E-state index in [-0.39, 0.29) is 13.1 Å². The molecule has 0 aliphatic rings. The minimum atomic E-state index is 0.123. The molecule has 1 heterocycles. The van der Waals surface area contributed by atoms with Crippen LogP contribution in [-0.4, -0.2) is 29.6 Å². The van der Waals surface area contributed by atoms with Gasteiger partial charge >= 0.3 is 0 Å². The minimum absolute atomic E-state index is 0.123. The Morgan fingerprint density at radius 2 is 2.00 bits per heavy atom. The third-order valence-electron chi connectivity index (χ3n) is 1.83. The molecule has 1 rings (SSSR count). The molecule has 0 bridgehead atoms. The highest BCUT2D eigenvalue weighted by atomic mass is 15.2. The first-order valence-electron chi connectivity index (χ1n) is 4.86. The number of nitriles is 2. The molecule has 0 saturated carbocycles. The van der Waals surface area contributed by atoms with Gasteiger partial charge in [-0.1, -0.05) is 0 Å². The lowest BCUT2D eigenvalue weighted by Gasteiger charge is -2.16. The van der Waals surface area contributed by atoms with E-state index in [1.165, 1.54) is 6.20 Å². The van der Waals surface area contributed by atoms with Crippen molar-refractivity contribution in [2.24, 2.45) is 0 Å². The fourth-order valence-corrected chi connectivity index (χ4v) is 1.16. The summed E-state index contributed by atoms with van der Waals surface area (Å²) in [7, 11) is 0. The van der Waals surface area contributed by atoms with Gasteiger partial charge in [0.15, 0.2) is 5.82 Å². The van der Waals surface area contributed by atoms with Crippen molar-refractivity contribution in [2.75, 3.05) is 29.9 Å². The van der Waals surface area contributed by atoms with Crippen molar-refractivity contribution in [1.29, 1.82) is 10.5 Å². The second-order valence-electron chi connectivity index (χ2n) is 2.97. The van der Waals surface area contributed by atoms with Crippen LogP contribution in [0, 0.1) is 22.7 Å². The average Bonchev–Trinajstić information content (AvgIpc) is 2.30. The van der Waals surface area contributed by atoms with Gasteiger partial charge < -0.3 is 10.2 Å². The van der Waals surface area contributed by atoms with Crippen LogP contribution in [-0.2, 0) is 0 Å². The van der Waals surface area contributed by atoms with Gasteiger partial charge in [0.1, 0.15) is 18.9 Å². The van der Waals surface area contributed by atoms with Gasteiger partial charge in [0.2, 0.25) is 0 Å². The summed E-state index contributed by atoms with van der Waals surface area (Å²) in [5.74, 6) is 1.17. The predicted octanol–water partition coefficient (Wildman–Crippen LogP) is 0.762. The van der Waals surface area contributed by atoms with E-state index in [0.717, 1.165) is 6.54 Å². The Bertz CT molecular complexity index is 400. The molecule has 1 aromatic heterocycles. The number of aromatic nitrogens is 2. The molecular formula is C10H12N6. The molecule has 0 aliphatic carbocycles. The van der Waals surface area contributed by atoms with E-state index < -0.39 is 0 Å². The molecule has 0 fully saturated rings. The summed E-state index contributed by atoms with van der Waals surface area (Å²) in [6, 6.07) is 3.98. The van der Waals surface area contributed by atoms with E-state index in [9.17, 15) is 0 Å². The van der Waals surface area contributed by atoms with Crippen molar-refractivity contribution in [3.63, 3.8) is 0 Å². The summed E-state index contributed by atoms with van der Waals surface area (Å²) in [4.78, 5) is 9.82. The SMILES string of the molecule is CCNc1cncc(N(CC#N)CC#N)n1. The normalized spacial score (nSPS) is 8.94. The summed E-state index contributed by atoms with van der Waals surface area (Å²) in [5, 5.41) is 20.3. The summed E-state index contributed by atoms with van der Waals surface area (Å²) in [6.07, 6.45) is 3.14. The second-order valence-corrected chi connectivity index (χ2v) is 2.97. The summed E-state index contributed by atoms with van der Waals surface area (Å²) >= 11 is 0. The molecule has 6 nitrogen and oxygen atoms in total. The van der Waals surface area contributed by atoms with Crippen molar-refractivity contribution < 1.29 is 0 Å². The van der Waals surface area contributed by atoms with Gasteiger partial charge in [-0.2, -0.15) is 10.5 Å². The molecule has 0 unspecified atom stereocenters. The Kier molecular flexibility index (Phi) is 4.55. The Balaban J connectivity index is 2.87. The Labute approximate surface area is 94.2 Å². The molecular weight excluding hydrogens is 204 g/mol. The maximum atomic E-state index is 8.63. The molecule has 16 heavy (non-hydrogen) atoms. The van der Waals surface area contributed by atoms with Crippen LogP contribution in [0.4, 0.5) is 11.6 Å². The van der Waals surface area contributed by atoms with Gasteiger partial charge in [-0.15, -0.1) is 0 Å². The molecule has 0 amide bonds. The summed E-state index contributed by atoms with van der Waals surface area (Å²) in [6.45, 7) is 2.95. The third-order valence-corrected chi connectivity index (χ3v) is 1.83. The topological polar surface area (TPSA) is 88.6 Å². The lowest BCUT2D eigenvalue weighted by molar-refractivity contribution is 0.924. The Hall–Kier alpha value is -2.34. The van der Waals surface area contributed by atoms with E-state index in [0.29, 0.717) is 11.6 Å². The van der Waals surface area contributed by atoms with Crippen molar-refractivity contribution in [2.45, 2.75) is 6.92 Å². The van der Waals surface area contributed by atoms with Gasteiger partial charge in [-0.25, -0.2) is 4.98 Å². The van der Waals surface area contributed by atoms with Crippen LogP contribution in [0.2, 0.25) is 0 Å². The maximum absolute atomic E-state index is 8.63. The standard InChI is InChI=1S/C10H12N6/c1-2-14-9-7-13-8-10(15-9)16(5-3-11)6-4-12/h7-8H,2,5-6H2,1H3,(H,14,15). The van der Waals surface area contributed by atoms with Crippen molar-refractivity contribution in [3.8, 4) is 12.1 Å². The molecule has 0 aliphatic heterocycles. The lowest BCUT2D eigenvalue weighted by Crippen LogP contribution is -2.25. The highest BCUT2D eigenvalue weighted by molar-refractivity contribution is 5.45. The monoisotopic (exact) mass is 216 g/mol. The molecule has 1 N–H and O–H groups in total. The van der Waals surface area contributed by atoms with Crippen LogP contribution in [0.25, 0.3) is 0 Å². The van der Waals surface area contributed by atoms with Crippen LogP contribution >= 0.6 is 0 Å². The van der Waals surface area contributed by atoms with Crippen LogP contribution in [0.1, 0.15) is 6.92 Å². The zero-order valence-electron chi connectivity index (χ0n) is 9.01. The average molecular weight is 216 g/mol. The fourth-order valence-electron chi connectivity index (χ4n) is 1.16. The first-order valence-corrected chi connectivity index (χ1v) is 4.86. The summed E-state index contributed by atoms with van der Waals surface area (Å²) < 4.78 is 0.